The quantitative estimate of drug-likeness (QED) is 0.894. The maximum absolute atomic E-state index is 12.4. The largest absolute Gasteiger partial charge is 0.352 e. The average Bonchev–Trinajstić information content (AvgIpc) is 3.38. The molecule has 2 saturated carbocycles. The Hall–Kier alpha value is -1.36. The first-order chi connectivity index (χ1) is 10.2. The third-order valence-electron chi connectivity index (χ3n) is 4.99. The highest BCUT2D eigenvalue weighted by Gasteiger charge is 2.35. The van der Waals surface area contributed by atoms with Gasteiger partial charge in [0.25, 0.3) is 0 Å². The van der Waals surface area contributed by atoms with E-state index in [9.17, 15) is 4.79 Å². The van der Waals surface area contributed by atoms with Gasteiger partial charge in [-0.3, -0.25) is 14.4 Å². The normalized spacial score (nSPS) is 26.2. The number of amides is 1. The topological polar surface area (TPSA) is 50.2 Å². The van der Waals surface area contributed by atoms with Crippen molar-refractivity contribution in [2.45, 2.75) is 63.1 Å². The van der Waals surface area contributed by atoms with E-state index >= 15 is 0 Å². The molecule has 1 aromatic rings. The fourth-order valence-electron chi connectivity index (χ4n) is 3.55. The van der Waals surface area contributed by atoms with Gasteiger partial charge in [0.2, 0.25) is 5.91 Å². The Morgan fingerprint density at radius 3 is 2.86 bits per heavy atom. The number of likely N-dealkylation sites (tertiary alicyclic amines) is 1. The van der Waals surface area contributed by atoms with E-state index < -0.39 is 0 Å². The van der Waals surface area contributed by atoms with E-state index in [1.54, 1.807) is 0 Å². The van der Waals surface area contributed by atoms with E-state index in [1.165, 1.54) is 24.1 Å². The number of carbonyl (C=O) groups excluding carboxylic acids is 1. The molecule has 21 heavy (non-hydrogen) atoms. The van der Waals surface area contributed by atoms with E-state index in [0.717, 1.165) is 38.8 Å². The lowest BCUT2D eigenvalue weighted by Crippen LogP contribution is -2.43. The van der Waals surface area contributed by atoms with Crippen LogP contribution < -0.4 is 5.32 Å². The molecule has 1 atom stereocenters. The molecule has 1 saturated heterocycles. The summed E-state index contributed by atoms with van der Waals surface area (Å²) in [6.45, 7) is 1.91. The van der Waals surface area contributed by atoms with Gasteiger partial charge >= 0.3 is 0 Å². The van der Waals surface area contributed by atoms with Gasteiger partial charge in [0.05, 0.1) is 12.2 Å². The van der Waals surface area contributed by atoms with E-state index in [4.69, 9.17) is 0 Å². The Bertz CT molecular complexity index is 544. The smallest absolute Gasteiger partial charge is 0.237 e. The standard InChI is InChI=1S/C16H24N4O/c1-19-15(11-4-5-11)12(9-17-19)10-20-8-2-3-14(20)16(21)18-13-6-7-13/h9,11,13-14H,2-8,10H2,1H3,(H,18,21). The van der Waals surface area contributed by atoms with Gasteiger partial charge in [-0.15, -0.1) is 0 Å². The van der Waals surface area contributed by atoms with Gasteiger partial charge in [-0.2, -0.15) is 5.10 Å². The summed E-state index contributed by atoms with van der Waals surface area (Å²) in [5.41, 5.74) is 2.72. The lowest BCUT2D eigenvalue weighted by atomic mass is 10.1. The number of nitrogens with one attached hydrogen (secondary N) is 1. The van der Waals surface area contributed by atoms with Crippen LogP contribution in [0.25, 0.3) is 0 Å². The molecule has 5 nitrogen and oxygen atoms in total. The Balaban J connectivity index is 1.46. The molecule has 1 N–H and O–H groups in total. The van der Waals surface area contributed by atoms with Gasteiger partial charge in [0.15, 0.2) is 0 Å². The number of aromatic nitrogens is 2. The number of hydrogen-bond acceptors (Lipinski definition) is 3. The molecule has 3 fully saturated rings. The summed E-state index contributed by atoms with van der Waals surface area (Å²) in [6, 6.07) is 0.526. The van der Waals surface area contributed by atoms with E-state index in [1.807, 2.05) is 17.9 Å². The molecule has 2 aliphatic carbocycles. The molecule has 0 bridgehead atoms. The van der Waals surface area contributed by atoms with Crippen molar-refractivity contribution in [3.8, 4) is 0 Å². The van der Waals surface area contributed by atoms with Crippen molar-refractivity contribution in [2.75, 3.05) is 6.54 Å². The second-order valence-corrected chi connectivity index (χ2v) is 6.86. The Labute approximate surface area is 125 Å². The molecule has 2 heterocycles. The zero-order valence-electron chi connectivity index (χ0n) is 12.7. The van der Waals surface area contributed by atoms with Crippen molar-refractivity contribution in [2.24, 2.45) is 7.05 Å². The van der Waals surface area contributed by atoms with Gasteiger partial charge < -0.3 is 5.32 Å². The highest BCUT2D eigenvalue weighted by atomic mass is 16.2. The highest BCUT2D eigenvalue weighted by Crippen LogP contribution is 2.41. The fourth-order valence-corrected chi connectivity index (χ4v) is 3.55. The minimum Gasteiger partial charge on any atom is -0.352 e. The average molecular weight is 288 g/mol. The predicted octanol–water partition coefficient (Wildman–Crippen LogP) is 1.54. The van der Waals surface area contributed by atoms with Crippen LogP contribution >= 0.6 is 0 Å². The van der Waals surface area contributed by atoms with Crippen molar-refractivity contribution < 1.29 is 4.79 Å². The molecular weight excluding hydrogens is 264 g/mol. The minimum atomic E-state index is 0.0675. The van der Waals surface area contributed by atoms with Crippen LogP contribution in [-0.4, -0.2) is 39.2 Å². The van der Waals surface area contributed by atoms with Crippen LogP contribution in [0.2, 0.25) is 0 Å². The number of rotatable bonds is 5. The monoisotopic (exact) mass is 288 g/mol. The van der Waals surface area contributed by atoms with Crippen molar-refractivity contribution >= 4 is 5.91 Å². The summed E-state index contributed by atoms with van der Waals surface area (Å²) >= 11 is 0. The maximum atomic E-state index is 12.4. The Morgan fingerprint density at radius 2 is 2.14 bits per heavy atom. The molecule has 1 unspecified atom stereocenters. The molecule has 114 valence electrons. The molecule has 3 aliphatic rings. The molecule has 1 aliphatic heterocycles. The van der Waals surface area contributed by atoms with Crippen LogP contribution in [0.5, 0.6) is 0 Å². The molecule has 1 aromatic heterocycles. The SMILES string of the molecule is Cn1ncc(CN2CCCC2C(=O)NC2CC2)c1C1CC1. The molecule has 0 spiro atoms. The zero-order valence-corrected chi connectivity index (χ0v) is 12.7. The van der Waals surface area contributed by atoms with Crippen LogP contribution in [0.15, 0.2) is 6.20 Å². The fraction of sp³-hybridized carbons (Fsp3) is 0.750. The summed E-state index contributed by atoms with van der Waals surface area (Å²) in [7, 11) is 2.04. The molecule has 0 radical (unpaired) electrons. The van der Waals surface area contributed by atoms with Crippen LogP contribution in [0.1, 0.15) is 55.7 Å². The molecular formula is C16H24N4O. The van der Waals surface area contributed by atoms with Crippen LogP contribution in [0.4, 0.5) is 0 Å². The Kier molecular flexibility index (Phi) is 3.25. The Morgan fingerprint density at radius 1 is 1.33 bits per heavy atom. The maximum Gasteiger partial charge on any atom is 0.237 e. The first-order valence-corrected chi connectivity index (χ1v) is 8.27. The first-order valence-electron chi connectivity index (χ1n) is 8.27. The number of hydrogen-bond donors (Lipinski definition) is 1. The number of aryl methyl sites for hydroxylation is 1. The van der Waals surface area contributed by atoms with E-state index in [0.29, 0.717) is 12.0 Å². The van der Waals surface area contributed by atoms with Crippen molar-refractivity contribution in [3.05, 3.63) is 17.5 Å². The van der Waals surface area contributed by atoms with Gasteiger partial charge in [-0.05, 0) is 45.1 Å². The van der Waals surface area contributed by atoms with E-state index in [-0.39, 0.29) is 11.9 Å². The van der Waals surface area contributed by atoms with Gasteiger partial charge in [-0.25, -0.2) is 0 Å². The second-order valence-electron chi connectivity index (χ2n) is 6.86. The highest BCUT2D eigenvalue weighted by molar-refractivity contribution is 5.82. The minimum absolute atomic E-state index is 0.0675. The van der Waals surface area contributed by atoms with Crippen LogP contribution in [0, 0.1) is 0 Å². The lowest BCUT2D eigenvalue weighted by molar-refractivity contribution is -0.125. The lowest BCUT2D eigenvalue weighted by Gasteiger charge is -2.23. The van der Waals surface area contributed by atoms with Gasteiger partial charge in [0.1, 0.15) is 0 Å². The van der Waals surface area contributed by atoms with Crippen LogP contribution in [-0.2, 0) is 18.4 Å². The third kappa shape index (κ3) is 2.71. The number of carbonyl (C=O) groups is 1. The summed E-state index contributed by atoms with van der Waals surface area (Å²) < 4.78 is 2.03. The van der Waals surface area contributed by atoms with Crippen molar-refractivity contribution in [1.82, 2.24) is 20.0 Å². The molecule has 5 heteroatoms. The summed E-state index contributed by atoms with van der Waals surface area (Å²) in [4.78, 5) is 14.7. The number of nitrogens with zero attached hydrogens (tertiary/aromatic N) is 3. The van der Waals surface area contributed by atoms with E-state index in [2.05, 4.69) is 15.3 Å². The predicted molar refractivity (Wildman–Crippen MR) is 79.8 cm³/mol. The molecule has 1 amide bonds. The summed E-state index contributed by atoms with van der Waals surface area (Å²) in [5, 5.41) is 7.60. The molecule has 0 aromatic carbocycles. The second kappa shape index (κ2) is 5.13. The van der Waals surface area contributed by atoms with Gasteiger partial charge in [-0.1, -0.05) is 0 Å². The first kappa shape index (κ1) is 13.3. The third-order valence-corrected chi connectivity index (χ3v) is 4.99. The summed E-state index contributed by atoms with van der Waals surface area (Å²) in [5.74, 6) is 0.945. The van der Waals surface area contributed by atoms with Gasteiger partial charge in [0, 0.05) is 36.8 Å². The molecule has 4 rings (SSSR count). The zero-order chi connectivity index (χ0) is 14.4. The van der Waals surface area contributed by atoms with Crippen molar-refractivity contribution in [1.29, 1.82) is 0 Å². The van der Waals surface area contributed by atoms with Crippen LogP contribution in [0.3, 0.4) is 0 Å². The summed E-state index contributed by atoms with van der Waals surface area (Å²) in [6.07, 6.45) is 9.03. The van der Waals surface area contributed by atoms with Crippen molar-refractivity contribution in [3.63, 3.8) is 0 Å².